The van der Waals surface area contributed by atoms with Gasteiger partial charge in [0.2, 0.25) is 0 Å². The van der Waals surface area contributed by atoms with Crippen molar-refractivity contribution in [3.05, 3.63) is 68.3 Å². The molecule has 0 atom stereocenters. The molecule has 0 bridgehead atoms. The normalized spacial score (nSPS) is 11.1. The first-order chi connectivity index (χ1) is 13.6. The summed E-state index contributed by atoms with van der Waals surface area (Å²) in [6.45, 7) is 2.12. The van der Waals surface area contributed by atoms with Crippen molar-refractivity contribution in [1.82, 2.24) is 4.98 Å². The number of carbonyl (C=O) groups is 1. The largest absolute Gasteiger partial charge is 0.297 e. The van der Waals surface area contributed by atoms with E-state index in [1.165, 1.54) is 22.7 Å². The van der Waals surface area contributed by atoms with E-state index in [1.807, 2.05) is 23.6 Å². The molecule has 2 aromatic carbocycles. The summed E-state index contributed by atoms with van der Waals surface area (Å²) >= 11 is 15.1. The number of nitrogens with zero attached hydrogens (tertiary/aromatic N) is 1. The van der Waals surface area contributed by atoms with Crippen molar-refractivity contribution in [2.45, 2.75) is 19.8 Å². The third-order valence-electron chi connectivity index (χ3n) is 4.34. The lowest BCUT2D eigenvalue weighted by molar-refractivity contribution is 0.103. The second-order valence-electron chi connectivity index (χ2n) is 6.27. The van der Waals surface area contributed by atoms with E-state index in [-0.39, 0.29) is 5.91 Å². The first-order valence-electron chi connectivity index (χ1n) is 8.79. The molecule has 0 fully saturated rings. The molecule has 1 amide bonds. The van der Waals surface area contributed by atoms with E-state index in [4.69, 9.17) is 23.2 Å². The Kier molecular flexibility index (Phi) is 5.69. The van der Waals surface area contributed by atoms with Crippen LogP contribution in [0.3, 0.4) is 0 Å². The van der Waals surface area contributed by atoms with Crippen LogP contribution in [0.2, 0.25) is 10.0 Å². The van der Waals surface area contributed by atoms with Gasteiger partial charge in [-0.1, -0.05) is 54.7 Å². The van der Waals surface area contributed by atoms with Gasteiger partial charge in [0.05, 0.1) is 15.6 Å². The molecule has 4 rings (SSSR count). The topological polar surface area (TPSA) is 42.0 Å². The van der Waals surface area contributed by atoms with E-state index in [9.17, 15) is 4.79 Å². The highest BCUT2D eigenvalue weighted by molar-refractivity contribution is 7.21. The minimum Gasteiger partial charge on any atom is -0.297 e. The van der Waals surface area contributed by atoms with Gasteiger partial charge in [0.15, 0.2) is 5.13 Å². The molecule has 2 aromatic heterocycles. The quantitative estimate of drug-likeness (QED) is 0.343. The molecule has 0 radical (unpaired) electrons. The maximum atomic E-state index is 13.0. The number of fused-ring (bicyclic) bond motifs is 1. The number of anilines is 1. The predicted molar refractivity (Wildman–Crippen MR) is 121 cm³/mol. The lowest BCUT2D eigenvalue weighted by Gasteiger charge is -2.04. The van der Waals surface area contributed by atoms with Gasteiger partial charge in [-0.05, 0) is 41.6 Å². The highest BCUT2D eigenvalue weighted by Crippen LogP contribution is 2.35. The van der Waals surface area contributed by atoms with Crippen molar-refractivity contribution in [3.63, 3.8) is 0 Å². The zero-order valence-corrected chi connectivity index (χ0v) is 18.1. The summed E-state index contributed by atoms with van der Waals surface area (Å²) in [5, 5.41) is 7.64. The van der Waals surface area contributed by atoms with E-state index >= 15 is 0 Å². The number of nitrogens with one attached hydrogen (secondary N) is 1. The number of rotatable bonds is 5. The summed E-state index contributed by atoms with van der Waals surface area (Å²) in [4.78, 5) is 18.2. The van der Waals surface area contributed by atoms with Crippen LogP contribution in [0.4, 0.5) is 5.13 Å². The molecule has 0 saturated carbocycles. The Balaban J connectivity index is 1.62. The first-order valence-corrected chi connectivity index (χ1v) is 11.2. The standard InChI is InChI=1S/C21H16Cl2N2OS2/c1-2-5-14-13-6-3-4-7-18(13)28-19(14)20(26)25-21-24-17(11-27-21)15-9-8-12(22)10-16(15)23/h3-4,6-11H,2,5H2,1H3,(H,24,25,26). The molecule has 0 saturated heterocycles. The minimum absolute atomic E-state index is 0.118. The van der Waals surface area contributed by atoms with E-state index in [0.717, 1.165) is 38.9 Å². The molecule has 1 N–H and O–H groups in total. The van der Waals surface area contributed by atoms with Gasteiger partial charge in [0.1, 0.15) is 0 Å². The lowest BCUT2D eigenvalue weighted by atomic mass is 10.1. The van der Waals surface area contributed by atoms with Crippen molar-refractivity contribution in [2.75, 3.05) is 5.32 Å². The lowest BCUT2D eigenvalue weighted by Crippen LogP contribution is -2.12. The molecule has 142 valence electrons. The Labute approximate surface area is 181 Å². The summed E-state index contributed by atoms with van der Waals surface area (Å²) in [6, 6.07) is 13.4. The number of thiophene rings is 1. The van der Waals surface area contributed by atoms with Crippen LogP contribution < -0.4 is 5.32 Å². The molecule has 28 heavy (non-hydrogen) atoms. The monoisotopic (exact) mass is 446 g/mol. The zero-order valence-electron chi connectivity index (χ0n) is 15.0. The van der Waals surface area contributed by atoms with Gasteiger partial charge >= 0.3 is 0 Å². The smallest absolute Gasteiger partial charge is 0.267 e. The van der Waals surface area contributed by atoms with Crippen LogP contribution in [-0.2, 0) is 6.42 Å². The number of aromatic nitrogens is 1. The fraction of sp³-hybridized carbons (Fsp3) is 0.143. The second-order valence-corrected chi connectivity index (χ2v) is 9.03. The van der Waals surface area contributed by atoms with Crippen LogP contribution in [0.25, 0.3) is 21.3 Å². The Morgan fingerprint density at radius 2 is 2.00 bits per heavy atom. The van der Waals surface area contributed by atoms with Crippen molar-refractivity contribution in [3.8, 4) is 11.3 Å². The van der Waals surface area contributed by atoms with Crippen molar-refractivity contribution in [1.29, 1.82) is 0 Å². The SMILES string of the molecule is CCCc1c(C(=O)Nc2nc(-c3ccc(Cl)cc3Cl)cs2)sc2ccccc12. The summed E-state index contributed by atoms with van der Waals surface area (Å²) in [7, 11) is 0. The summed E-state index contributed by atoms with van der Waals surface area (Å²) in [6.07, 6.45) is 1.85. The number of halogens is 2. The van der Waals surface area contributed by atoms with Gasteiger partial charge in [-0.15, -0.1) is 22.7 Å². The Hall–Kier alpha value is -1.92. The third kappa shape index (κ3) is 3.80. The fourth-order valence-corrected chi connectivity index (χ4v) is 5.44. The van der Waals surface area contributed by atoms with Crippen LogP contribution in [0.15, 0.2) is 47.8 Å². The highest BCUT2D eigenvalue weighted by Gasteiger charge is 2.19. The molecule has 0 spiro atoms. The van der Waals surface area contributed by atoms with Gasteiger partial charge in [0.25, 0.3) is 5.91 Å². The molecule has 0 aliphatic heterocycles. The van der Waals surface area contributed by atoms with Crippen molar-refractivity contribution < 1.29 is 4.79 Å². The van der Waals surface area contributed by atoms with E-state index < -0.39 is 0 Å². The van der Waals surface area contributed by atoms with Crippen molar-refractivity contribution >= 4 is 67.0 Å². The number of aryl methyl sites for hydroxylation is 1. The molecule has 0 aliphatic rings. The Morgan fingerprint density at radius 1 is 1.18 bits per heavy atom. The van der Waals surface area contributed by atoms with Crippen LogP contribution in [0.5, 0.6) is 0 Å². The number of hydrogen-bond donors (Lipinski definition) is 1. The highest BCUT2D eigenvalue weighted by atomic mass is 35.5. The van der Waals surface area contributed by atoms with Crippen molar-refractivity contribution in [2.24, 2.45) is 0 Å². The van der Waals surface area contributed by atoms with E-state index in [2.05, 4.69) is 29.4 Å². The number of hydrogen-bond acceptors (Lipinski definition) is 4. The Morgan fingerprint density at radius 3 is 2.79 bits per heavy atom. The maximum Gasteiger partial charge on any atom is 0.267 e. The average molecular weight is 447 g/mol. The number of thiazole rings is 1. The van der Waals surface area contributed by atoms with Gasteiger partial charge in [-0.25, -0.2) is 4.98 Å². The predicted octanol–water partition coefficient (Wildman–Crippen LogP) is 7.54. The molecular weight excluding hydrogens is 431 g/mol. The second kappa shape index (κ2) is 8.21. The van der Waals surface area contributed by atoms with Gasteiger partial charge in [0, 0.05) is 20.7 Å². The summed E-state index contributed by atoms with van der Waals surface area (Å²) in [5.41, 5.74) is 2.61. The molecule has 7 heteroatoms. The Bertz CT molecular complexity index is 1170. The zero-order chi connectivity index (χ0) is 19.7. The van der Waals surface area contributed by atoms with Crippen LogP contribution in [0, 0.1) is 0 Å². The van der Waals surface area contributed by atoms with Gasteiger partial charge in [-0.3, -0.25) is 10.1 Å². The average Bonchev–Trinajstić information content (AvgIpc) is 3.27. The third-order valence-corrected chi connectivity index (χ3v) is 6.85. The number of benzene rings is 2. The number of amides is 1. The fourth-order valence-electron chi connectivity index (χ4n) is 3.09. The summed E-state index contributed by atoms with van der Waals surface area (Å²) in [5.74, 6) is -0.118. The molecule has 0 unspecified atom stereocenters. The summed E-state index contributed by atoms with van der Waals surface area (Å²) < 4.78 is 1.13. The number of carbonyl (C=O) groups excluding carboxylic acids is 1. The minimum atomic E-state index is -0.118. The molecule has 0 aliphatic carbocycles. The molecule has 3 nitrogen and oxygen atoms in total. The van der Waals surface area contributed by atoms with Crippen LogP contribution in [0.1, 0.15) is 28.6 Å². The first kappa shape index (κ1) is 19.4. The molecular formula is C21H16Cl2N2OS2. The van der Waals surface area contributed by atoms with Gasteiger partial charge < -0.3 is 0 Å². The van der Waals surface area contributed by atoms with E-state index in [1.54, 1.807) is 12.1 Å². The molecule has 2 heterocycles. The van der Waals surface area contributed by atoms with Gasteiger partial charge in [-0.2, -0.15) is 0 Å². The van der Waals surface area contributed by atoms with E-state index in [0.29, 0.717) is 20.9 Å². The van der Waals surface area contributed by atoms with Crippen LogP contribution >= 0.6 is 45.9 Å². The van der Waals surface area contributed by atoms with Crippen LogP contribution in [-0.4, -0.2) is 10.9 Å². The maximum absolute atomic E-state index is 13.0. The molecule has 4 aromatic rings.